The summed E-state index contributed by atoms with van der Waals surface area (Å²) in [5.74, 6) is 0. The van der Waals surface area contributed by atoms with Gasteiger partial charge in [0, 0.05) is 43.2 Å². The van der Waals surface area contributed by atoms with E-state index >= 15 is 0 Å². The van der Waals surface area contributed by atoms with Crippen LogP contribution >= 0.6 is 11.6 Å². The minimum atomic E-state index is -0.801. The lowest BCUT2D eigenvalue weighted by atomic mass is 9.71. The molecule has 0 saturated carbocycles. The zero-order chi connectivity index (χ0) is 30.0. The molecule has 2 saturated heterocycles. The number of likely N-dealkylation sites (tertiary alicyclic amines) is 2. The van der Waals surface area contributed by atoms with Crippen molar-refractivity contribution in [3.8, 4) is 0 Å². The second-order valence-electron chi connectivity index (χ2n) is 12.3. The Labute approximate surface area is 262 Å². The number of aliphatic hydroxyl groups is 1. The van der Waals surface area contributed by atoms with E-state index in [0.29, 0.717) is 31.0 Å². The van der Waals surface area contributed by atoms with Crippen molar-refractivity contribution in [2.75, 3.05) is 52.4 Å². The molecule has 5 rings (SSSR count). The lowest BCUT2D eigenvalue weighted by Crippen LogP contribution is -2.47. The number of nitrogens with zero attached hydrogens (tertiary/aromatic N) is 2. The van der Waals surface area contributed by atoms with E-state index in [1.54, 1.807) is 0 Å². The third kappa shape index (κ3) is 8.39. The van der Waals surface area contributed by atoms with Crippen LogP contribution in [0.3, 0.4) is 0 Å². The van der Waals surface area contributed by atoms with Gasteiger partial charge in [-0.1, -0.05) is 90.8 Å². The topological polar surface area (TPSA) is 67.8 Å². The van der Waals surface area contributed by atoms with Gasteiger partial charge >= 0.3 is 6.03 Å². The van der Waals surface area contributed by atoms with Gasteiger partial charge in [0.05, 0.1) is 5.60 Å². The number of carbonyl (C=O) groups excluding carboxylic acids is 1. The van der Waals surface area contributed by atoms with Crippen LogP contribution in [-0.4, -0.2) is 73.3 Å². The summed E-state index contributed by atoms with van der Waals surface area (Å²) in [6.07, 6.45) is 7.10. The molecule has 0 radical (unpaired) electrons. The monoisotopic (exact) mass is 602 g/mol. The Morgan fingerprint density at radius 1 is 0.767 bits per heavy atom. The van der Waals surface area contributed by atoms with Gasteiger partial charge in [-0.3, -0.25) is 0 Å². The maximum atomic E-state index is 13.0. The number of piperidine rings is 2. The number of benzene rings is 3. The second kappa shape index (κ2) is 15.2. The number of nitrogens with one attached hydrogen (secondary N) is 2. The average molecular weight is 603 g/mol. The molecular formula is C36H47ClN4O2. The van der Waals surface area contributed by atoms with Gasteiger partial charge in [-0.15, -0.1) is 0 Å². The van der Waals surface area contributed by atoms with Crippen LogP contribution in [0.15, 0.2) is 84.9 Å². The van der Waals surface area contributed by atoms with E-state index in [9.17, 15) is 9.90 Å². The van der Waals surface area contributed by atoms with E-state index in [2.05, 4.69) is 81.1 Å². The Bertz CT molecular complexity index is 1220. The predicted octanol–water partition coefficient (Wildman–Crippen LogP) is 6.18. The molecule has 3 aromatic carbocycles. The fraction of sp³-hybridized carbons (Fsp3) is 0.472. The number of hydrogen-bond acceptors (Lipinski definition) is 4. The first-order valence-corrected chi connectivity index (χ1v) is 16.4. The first-order valence-electron chi connectivity index (χ1n) is 16.0. The van der Waals surface area contributed by atoms with Crippen molar-refractivity contribution >= 4 is 17.6 Å². The van der Waals surface area contributed by atoms with Crippen LogP contribution < -0.4 is 10.6 Å². The molecule has 0 spiro atoms. The zero-order valence-electron chi connectivity index (χ0n) is 25.3. The summed E-state index contributed by atoms with van der Waals surface area (Å²) in [5, 5.41) is 18.4. The second-order valence-corrected chi connectivity index (χ2v) is 12.7. The summed E-state index contributed by atoms with van der Waals surface area (Å²) in [7, 11) is 0. The highest BCUT2D eigenvalue weighted by Crippen LogP contribution is 2.38. The molecule has 0 aliphatic carbocycles. The fourth-order valence-electron chi connectivity index (χ4n) is 6.87. The Morgan fingerprint density at radius 3 is 1.95 bits per heavy atom. The number of urea groups is 1. The number of hydrogen-bond donors (Lipinski definition) is 3. The maximum absolute atomic E-state index is 13.0. The van der Waals surface area contributed by atoms with Crippen molar-refractivity contribution < 1.29 is 9.90 Å². The summed E-state index contributed by atoms with van der Waals surface area (Å²) in [5.41, 5.74) is 2.22. The molecule has 43 heavy (non-hydrogen) atoms. The molecule has 2 fully saturated rings. The number of carbonyl (C=O) groups is 1. The molecule has 6 nitrogen and oxygen atoms in total. The highest BCUT2D eigenvalue weighted by molar-refractivity contribution is 6.30. The molecule has 2 heterocycles. The maximum Gasteiger partial charge on any atom is 0.314 e. The van der Waals surface area contributed by atoms with Crippen LogP contribution in [0.5, 0.6) is 0 Å². The van der Waals surface area contributed by atoms with Crippen LogP contribution in [0.25, 0.3) is 0 Å². The van der Waals surface area contributed by atoms with Gasteiger partial charge in [0.25, 0.3) is 0 Å². The fourth-order valence-corrected chi connectivity index (χ4v) is 6.99. The van der Waals surface area contributed by atoms with Crippen LogP contribution in [0.1, 0.15) is 61.6 Å². The molecule has 2 amide bonds. The lowest BCUT2D eigenvalue weighted by Gasteiger charge is -2.40. The van der Waals surface area contributed by atoms with Gasteiger partial charge in [0.2, 0.25) is 0 Å². The van der Waals surface area contributed by atoms with Crippen LogP contribution in [0.2, 0.25) is 5.02 Å². The zero-order valence-corrected chi connectivity index (χ0v) is 26.1. The largest absolute Gasteiger partial charge is 0.385 e. The molecule has 2 aliphatic heterocycles. The number of rotatable bonds is 12. The van der Waals surface area contributed by atoms with E-state index in [1.807, 2.05) is 24.3 Å². The summed E-state index contributed by atoms with van der Waals surface area (Å²) < 4.78 is 0. The van der Waals surface area contributed by atoms with E-state index in [-0.39, 0.29) is 11.4 Å². The first-order chi connectivity index (χ1) is 21.0. The molecule has 0 bridgehead atoms. The molecule has 3 aromatic rings. The van der Waals surface area contributed by atoms with Crippen LogP contribution in [-0.2, 0) is 11.0 Å². The SMILES string of the molecule is O=C(NCCN1CCCCC1)NCC(CCCN1CCC(O)(c2ccc(Cl)cc2)CC1)(c1ccccc1)c1ccccc1. The lowest BCUT2D eigenvalue weighted by molar-refractivity contribution is -0.0262. The van der Waals surface area contributed by atoms with Gasteiger partial charge in [-0.25, -0.2) is 4.79 Å². The Kier molecular flexibility index (Phi) is 11.1. The molecule has 0 atom stereocenters. The van der Waals surface area contributed by atoms with Gasteiger partial charge in [-0.2, -0.15) is 0 Å². The third-order valence-electron chi connectivity index (χ3n) is 9.51. The Hall–Kier alpha value is -2.90. The summed E-state index contributed by atoms with van der Waals surface area (Å²) in [4.78, 5) is 17.9. The Balaban J connectivity index is 1.22. The van der Waals surface area contributed by atoms with E-state index < -0.39 is 5.60 Å². The molecule has 0 unspecified atom stereocenters. The minimum Gasteiger partial charge on any atom is -0.385 e. The number of amides is 2. The normalized spacial score (nSPS) is 17.8. The average Bonchev–Trinajstić information content (AvgIpc) is 3.05. The summed E-state index contributed by atoms with van der Waals surface area (Å²) in [6.45, 7) is 6.98. The minimum absolute atomic E-state index is 0.106. The van der Waals surface area contributed by atoms with E-state index in [1.165, 1.54) is 30.4 Å². The van der Waals surface area contributed by atoms with Gasteiger partial charge in [0.15, 0.2) is 0 Å². The van der Waals surface area contributed by atoms with Gasteiger partial charge < -0.3 is 25.5 Å². The van der Waals surface area contributed by atoms with Gasteiger partial charge in [0.1, 0.15) is 0 Å². The van der Waals surface area contributed by atoms with Crippen molar-refractivity contribution in [3.63, 3.8) is 0 Å². The van der Waals surface area contributed by atoms with Crippen molar-refractivity contribution in [1.29, 1.82) is 0 Å². The highest BCUT2D eigenvalue weighted by atomic mass is 35.5. The van der Waals surface area contributed by atoms with Crippen molar-refractivity contribution in [1.82, 2.24) is 20.4 Å². The van der Waals surface area contributed by atoms with E-state index in [0.717, 1.165) is 57.7 Å². The quantitative estimate of drug-likeness (QED) is 0.232. The van der Waals surface area contributed by atoms with Crippen LogP contribution in [0, 0.1) is 0 Å². The molecule has 0 aromatic heterocycles. The van der Waals surface area contributed by atoms with Crippen molar-refractivity contribution in [2.45, 2.75) is 56.0 Å². The molecule has 230 valence electrons. The van der Waals surface area contributed by atoms with Crippen molar-refractivity contribution in [3.05, 3.63) is 107 Å². The van der Waals surface area contributed by atoms with Gasteiger partial charge in [-0.05, 0) is 87.0 Å². The smallest absolute Gasteiger partial charge is 0.314 e. The number of halogens is 1. The molecule has 2 aliphatic rings. The van der Waals surface area contributed by atoms with E-state index in [4.69, 9.17) is 11.6 Å². The highest BCUT2D eigenvalue weighted by Gasteiger charge is 2.36. The third-order valence-corrected chi connectivity index (χ3v) is 9.76. The summed E-state index contributed by atoms with van der Waals surface area (Å²) in [6, 6.07) is 28.7. The standard InChI is InChI=1S/C36H47ClN4O2/c37-33-17-15-32(16-18-33)36(43)20-26-41(27-21-36)25-10-19-35(30-11-4-1-5-12-30,31-13-6-2-7-14-31)29-39-34(42)38-22-28-40-23-8-3-9-24-40/h1-2,4-7,11-18,43H,3,8-10,19-29H2,(H2,38,39,42). The van der Waals surface area contributed by atoms with Crippen LogP contribution in [0.4, 0.5) is 4.79 Å². The van der Waals surface area contributed by atoms with Crippen molar-refractivity contribution in [2.24, 2.45) is 0 Å². The Morgan fingerprint density at radius 2 is 1.35 bits per heavy atom. The summed E-state index contributed by atoms with van der Waals surface area (Å²) >= 11 is 6.07. The first kappa shape index (κ1) is 31.5. The molecule has 3 N–H and O–H groups in total. The molecular weight excluding hydrogens is 556 g/mol. The molecule has 7 heteroatoms. The predicted molar refractivity (Wildman–Crippen MR) is 176 cm³/mol.